The third-order valence-corrected chi connectivity index (χ3v) is 0.992. The van der Waals surface area contributed by atoms with Crippen LogP contribution in [0, 0.1) is 6.92 Å². The van der Waals surface area contributed by atoms with Gasteiger partial charge in [-0.15, -0.1) is 0 Å². The van der Waals surface area contributed by atoms with Crippen LogP contribution in [0.1, 0.15) is 0 Å². The largest absolute Gasteiger partial charge is 0.351 e. The van der Waals surface area contributed by atoms with Crippen LogP contribution in [0.2, 0.25) is 0 Å². The fourth-order valence-electron chi connectivity index (χ4n) is 0.558. The van der Waals surface area contributed by atoms with E-state index in [0.717, 1.165) is 0 Å². The lowest BCUT2D eigenvalue weighted by molar-refractivity contribution is -0.159. The van der Waals surface area contributed by atoms with E-state index < -0.39 is 0 Å². The zero-order chi connectivity index (χ0) is 5.98. The molecule has 0 amide bonds. The summed E-state index contributed by atoms with van der Waals surface area (Å²) in [5, 5.41) is 0. The molecule has 1 rings (SSSR count). The van der Waals surface area contributed by atoms with Gasteiger partial charge in [-0.25, -0.2) is 0 Å². The molecule has 0 atom stereocenters. The molecule has 0 spiro atoms. The van der Waals surface area contributed by atoms with E-state index in [9.17, 15) is 0 Å². The molecule has 1 aliphatic heterocycles. The summed E-state index contributed by atoms with van der Waals surface area (Å²) in [6.07, 6.45) is -0.310. The van der Waals surface area contributed by atoms with Crippen molar-refractivity contribution < 1.29 is 9.47 Å². The maximum Gasteiger partial charge on any atom is 0.157 e. The molecule has 0 bridgehead atoms. The van der Waals surface area contributed by atoms with Gasteiger partial charge in [0.15, 0.2) is 6.29 Å². The van der Waals surface area contributed by atoms with Gasteiger partial charge in [-0.3, -0.25) is 0 Å². The average molecular weight is 116 g/mol. The summed E-state index contributed by atoms with van der Waals surface area (Å²) in [5.41, 5.74) is 5.42. The second-order valence-electron chi connectivity index (χ2n) is 1.86. The number of ether oxygens (including phenoxy) is 2. The van der Waals surface area contributed by atoms with Gasteiger partial charge in [-0.1, -0.05) is 0 Å². The van der Waals surface area contributed by atoms with E-state index in [2.05, 4.69) is 6.92 Å². The maximum atomic E-state index is 5.42. The van der Waals surface area contributed by atoms with E-state index in [-0.39, 0.29) is 12.3 Å². The molecule has 0 aliphatic carbocycles. The molecule has 0 saturated carbocycles. The Kier molecular flexibility index (Phi) is 1.83. The second-order valence-corrected chi connectivity index (χ2v) is 1.86. The quantitative estimate of drug-likeness (QED) is 0.465. The highest BCUT2D eigenvalue weighted by atomic mass is 16.7. The summed E-state index contributed by atoms with van der Waals surface area (Å²) in [5.74, 6) is 0. The molecule has 1 saturated heterocycles. The Bertz CT molecular complexity index is 58.8. The molecule has 0 aromatic heterocycles. The summed E-state index contributed by atoms with van der Waals surface area (Å²) < 4.78 is 9.86. The van der Waals surface area contributed by atoms with Crippen LogP contribution in [-0.2, 0) is 9.47 Å². The van der Waals surface area contributed by atoms with Gasteiger partial charge in [0.05, 0.1) is 19.3 Å². The lowest BCUT2D eigenvalue weighted by atomic mass is 10.3. The van der Waals surface area contributed by atoms with Crippen molar-refractivity contribution in [1.82, 2.24) is 0 Å². The highest BCUT2D eigenvalue weighted by molar-refractivity contribution is 4.64. The van der Waals surface area contributed by atoms with Crippen molar-refractivity contribution in [3.8, 4) is 0 Å². The normalized spacial score (nSPS) is 39.8. The van der Waals surface area contributed by atoms with Gasteiger partial charge in [0.1, 0.15) is 0 Å². The van der Waals surface area contributed by atoms with Crippen molar-refractivity contribution in [3.05, 3.63) is 6.92 Å². The Morgan fingerprint density at radius 3 is 2.25 bits per heavy atom. The van der Waals surface area contributed by atoms with Crippen LogP contribution in [-0.4, -0.2) is 25.5 Å². The zero-order valence-corrected chi connectivity index (χ0v) is 4.67. The van der Waals surface area contributed by atoms with E-state index in [1.54, 1.807) is 0 Å². The first-order valence-corrected chi connectivity index (χ1v) is 2.61. The van der Waals surface area contributed by atoms with E-state index >= 15 is 0 Å². The van der Waals surface area contributed by atoms with Gasteiger partial charge in [0, 0.05) is 6.92 Å². The Balaban J connectivity index is 2.19. The fourth-order valence-corrected chi connectivity index (χ4v) is 0.558. The lowest BCUT2D eigenvalue weighted by Gasteiger charge is -2.23. The van der Waals surface area contributed by atoms with Crippen LogP contribution in [0.3, 0.4) is 0 Å². The second kappa shape index (κ2) is 2.44. The third-order valence-electron chi connectivity index (χ3n) is 0.992. The highest BCUT2D eigenvalue weighted by Gasteiger charge is 2.14. The van der Waals surface area contributed by atoms with E-state index in [4.69, 9.17) is 15.2 Å². The monoisotopic (exact) mass is 116 g/mol. The topological polar surface area (TPSA) is 44.5 Å². The summed E-state index contributed by atoms with van der Waals surface area (Å²) in [6, 6.07) is 0.0352. The number of hydrogen-bond donors (Lipinski definition) is 1. The van der Waals surface area contributed by atoms with Crippen molar-refractivity contribution in [3.63, 3.8) is 0 Å². The fraction of sp³-hybridized carbons (Fsp3) is 0.800. The van der Waals surface area contributed by atoms with Gasteiger partial charge in [-0.2, -0.15) is 0 Å². The average Bonchev–Trinajstić information content (AvgIpc) is 1.77. The SMILES string of the molecule is [CH2]C1OCC(N)CO1. The van der Waals surface area contributed by atoms with Gasteiger partial charge >= 0.3 is 0 Å². The highest BCUT2D eigenvalue weighted by Crippen LogP contribution is 2.00. The van der Waals surface area contributed by atoms with Crippen LogP contribution < -0.4 is 5.73 Å². The molecule has 0 aromatic carbocycles. The number of rotatable bonds is 0. The minimum absolute atomic E-state index is 0.0352. The van der Waals surface area contributed by atoms with Crippen LogP contribution >= 0.6 is 0 Å². The van der Waals surface area contributed by atoms with Crippen LogP contribution in [0.15, 0.2) is 0 Å². The first kappa shape index (κ1) is 6.01. The van der Waals surface area contributed by atoms with E-state index in [0.29, 0.717) is 13.2 Å². The summed E-state index contributed by atoms with van der Waals surface area (Å²) >= 11 is 0. The molecule has 3 nitrogen and oxygen atoms in total. The molecule has 2 N–H and O–H groups in total. The van der Waals surface area contributed by atoms with Crippen molar-refractivity contribution in [1.29, 1.82) is 0 Å². The molecule has 1 aliphatic rings. The summed E-state index contributed by atoms with van der Waals surface area (Å²) in [4.78, 5) is 0. The molecule has 1 fully saturated rings. The van der Waals surface area contributed by atoms with Crippen molar-refractivity contribution in [2.75, 3.05) is 13.2 Å². The molecule has 3 heteroatoms. The molecule has 0 unspecified atom stereocenters. The van der Waals surface area contributed by atoms with Crippen LogP contribution in [0.5, 0.6) is 0 Å². The van der Waals surface area contributed by atoms with Crippen molar-refractivity contribution in [2.45, 2.75) is 12.3 Å². The zero-order valence-electron chi connectivity index (χ0n) is 4.67. The first-order valence-electron chi connectivity index (χ1n) is 2.61. The smallest absolute Gasteiger partial charge is 0.157 e. The Labute approximate surface area is 48.8 Å². The molecule has 0 aromatic rings. The summed E-state index contributed by atoms with van der Waals surface area (Å²) in [7, 11) is 0. The van der Waals surface area contributed by atoms with Crippen molar-refractivity contribution in [2.24, 2.45) is 5.73 Å². The molecular weight excluding hydrogens is 106 g/mol. The van der Waals surface area contributed by atoms with Gasteiger partial charge in [0.2, 0.25) is 0 Å². The minimum atomic E-state index is -0.310. The standard InChI is InChI=1S/C5H10NO2/c1-4-7-2-5(6)3-8-4/h4-5H,1-3,6H2. The van der Waals surface area contributed by atoms with Gasteiger partial charge in [0.25, 0.3) is 0 Å². The third kappa shape index (κ3) is 1.43. The van der Waals surface area contributed by atoms with Crippen LogP contribution in [0.4, 0.5) is 0 Å². The molecular formula is C5H10NO2. The predicted octanol–water partition coefficient (Wildman–Crippen LogP) is -0.479. The maximum absolute atomic E-state index is 5.42. The Hall–Kier alpha value is -0.120. The molecule has 8 heavy (non-hydrogen) atoms. The Morgan fingerprint density at radius 1 is 1.38 bits per heavy atom. The van der Waals surface area contributed by atoms with E-state index in [1.165, 1.54) is 0 Å². The van der Waals surface area contributed by atoms with Crippen LogP contribution in [0.25, 0.3) is 0 Å². The first-order chi connectivity index (χ1) is 3.79. The molecule has 1 radical (unpaired) electrons. The summed E-state index contributed by atoms with van der Waals surface area (Å²) in [6.45, 7) is 4.66. The number of nitrogens with two attached hydrogens (primary N) is 1. The Morgan fingerprint density at radius 2 is 1.88 bits per heavy atom. The van der Waals surface area contributed by atoms with E-state index in [1.807, 2.05) is 0 Å². The number of hydrogen-bond acceptors (Lipinski definition) is 3. The lowest BCUT2D eigenvalue weighted by Crippen LogP contribution is -2.39. The molecule has 1 heterocycles. The van der Waals surface area contributed by atoms with Crippen molar-refractivity contribution >= 4 is 0 Å². The van der Waals surface area contributed by atoms with Gasteiger partial charge in [-0.05, 0) is 0 Å². The molecule has 47 valence electrons. The predicted molar refractivity (Wildman–Crippen MR) is 29.0 cm³/mol. The minimum Gasteiger partial charge on any atom is -0.351 e. The van der Waals surface area contributed by atoms with Gasteiger partial charge < -0.3 is 15.2 Å².